The van der Waals surface area contributed by atoms with E-state index in [4.69, 9.17) is 0 Å². The zero-order chi connectivity index (χ0) is 10.2. The molecule has 0 spiro atoms. The van der Waals surface area contributed by atoms with E-state index < -0.39 is 15.1 Å². The summed E-state index contributed by atoms with van der Waals surface area (Å²) in [6, 6.07) is 1.96. The monoisotopic (exact) mass is 332 g/mol. The fourth-order valence-electron chi connectivity index (χ4n) is 0.683. The van der Waals surface area contributed by atoms with Crippen LogP contribution in [0.3, 0.4) is 0 Å². The normalized spacial score (nSPS) is 11.6. The summed E-state index contributed by atoms with van der Waals surface area (Å²) in [5.74, 6) is -0.174. The van der Waals surface area contributed by atoms with Gasteiger partial charge in [0.25, 0.3) is 0 Å². The van der Waals surface area contributed by atoms with Gasteiger partial charge in [0.05, 0.1) is 8.95 Å². The quantitative estimate of drug-likeness (QED) is 0.804. The third kappa shape index (κ3) is 2.41. The molecule has 13 heavy (non-hydrogen) atoms. The van der Waals surface area contributed by atoms with Gasteiger partial charge in [-0.25, -0.2) is 0 Å². The second-order valence-electron chi connectivity index (χ2n) is 2.17. The van der Waals surface area contributed by atoms with Gasteiger partial charge in [0.1, 0.15) is 10.6 Å². The van der Waals surface area contributed by atoms with E-state index in [2.05, 4.69) is 31.9 Å². The van der Waals surface area contributed by atoms with Crippen molar-refractivity contribution in [1.29, 1.82) is 0 Å². The fraction of sp³-hybridized carbons (Fsp3) is 0. The van der Waals surface area contributed by atoms with Crippen molar-refractivity contribution in [3.05, 3.63) is 21.1 Å². The van der Waals surface area contributed by atoms with E-state index in [-0.39, 0.29) is 14.7 Å². The first kappa shape index (κ1) is 10.9. The molecule has 0 unspecified atom stereocenters. The highest BCUT2D eigenvalue weighted by Gasteiger charge is 2.16. The predicted molar refractivity (Wildman–Crippen MR) is 51.8 cm³/mol. The first-order valence-electron chi connectivity index (χ1n) is 2.95. The number of phenolic OH excluding ortho intramolecular Hbond substituents is 1. The summed E-state index contributed by atoms with van der Waals surface area (Å²) in [6.07, 6.45) is 0. The smallest absolute Gasteiger partial charge is 0.332 e. The molecular weight excluding hydrogens is 331 g/mol. The van der Waals surface area contributed by atoms with Crippen LogP contribution >= 0.6 is 31.9 Å². The average Bonchev–Trinajstić information content (AvgIpc) is 1.97. The zero-order valence-electron chi connectivity index (χ0n) is 5.96. The van der Waals surface area contributed by atoms with Gasteiger partial charge in [0, 0.05) is 0 Å². The van der Waals surface area contributed by atoms with Gasteiger partial charge in [-0.05, 0) is 44.0 Å². The Kier molecular flexibility index (Phi) is 2.98. The van der Waals surface area contributed by atoms with Gasteiger partial charge >= 0.3 is 10.2 Å². The van der Waals surface area contributed by atoms with Crippen LogP contribution in [0.2, 0.25) is 0 Å². The van der Waals surface area contributed by atoms with E-state index in [1.54, 1.807) is 0 Å². The van der Waals surface area contributed by atoms with Crippen LogP contribution in [-0.2, 0) is 10.2 Å². The molecule has 0 heterocycles. The lowest BCUT2D eigenvalue weighted by atomic mass is 10.3. The summed E-state index contributed by atoms with van der Waals surface area (Å²) in [5, 5.41) is 9.19. The summed E-state index contributed by atoms with van der Waals surface area (Å²) >= 11 is 5.76. The Bertz CT molecular complexity index is 420. The third-order valence-electron chi connectivity index (χ3n) is 1.27. The van der Waals surface area contributed by atoms with Gasteiger partial charge in [0.2, 0.25) is 0 Å². The molecule has 1 N–H and O–H groups in total. The minimum atomic E-state index is -4.74. The predicted octanol–water partition coefficient (Wildman–Crippen LogP) is 2.58. The molecule has 1 rings (SSSR count). The van der Waals surface area contributed by atoms with Crippen molar-refractivity contribution in [1.82, 2.24) is 0 Å². The zero-order valence-corrected chi connectivity index (χ0v) is 9.95. The first-order valence-corrected chi connectivity index (χ1v) is 5.92. The average molecular weight is 334 g/mol. The Morgan fingerprint density at radius 2 is 1.62 bits per heavy atom. The first-order chi connectivity index (χ1) is 5.82. The van der Waals surface area contributed by atoms with Gasteiger partial charge in [-0.15, -0.1) is 3.89 Å². The second-order valence-corrected chi connectivity index (χ2v) is 5.23. The van der Waals surface area contributed by atoms with Crippen molar-refractivity contribution in [2.75, 3.05) is 0 Å². The van der Waals surface area contributed by atoms with Crippen molar-refractivity contribution in [3.8, 4) is 5.75 Å². The molecule has 0 aliphatic heterocycles. The molecule has 1 aromatic carbocycles. The van der Waals surface area contributed by atoms with Crippen LogP contribution in [0.15, 0.2) is 26.0 Å². The Morgan fingerprint density at radius 1 is 1.23 bits per heavy atom. The molecular formula is C6H3Br2FO3S. The van der Waals surface area contributed by atoms with Crippen LogP contribution in [0.25, 0.3) is 0 Å². The summed E-state index contributed by atoms with van der Waals surface area (Å²) in [7, 11) is -4.74. The fourth-order valence-corrected chi connectivity index (χ4v) is 2.69. The Balaban J connectivity index is 3.47. The highest BCUT2D eigenvalue weighted by molar-refractivity contribution is 9.11. The Hall–Kier alpha value is -0.140. The molecule has 0 fully saturated rings. The molecule has 0 saturated carbocycles. The van der Waals surface area contributed by atoms with Crippen LogP contribution in [0.4, 0.5) is 3.89 Å². The van der Waals surface area contributed by atoms with Gasteiger partial charge in [-0.1, -0.05) is 0 Å². The van der Waals surface area contributed by atoms with E-state index in [1.807, 2.05) is 0 Å². The maximum atomic E-state index is 12.5. The number of halogens is 3. The van der Waals surface area contributed by atoms with Gasteiger partial charge in [0.15, 0.2) is 0 Å². The molecule has 72 valence electrons. The van der Waals surface area contributed by atoms with Gasteiger partial charge in [-0.2, -0.15) is 8.42 Å². The van der Waals surface area contributed by atoms with Crippen molar-refractivity contribution in [3.63, 3.8) is 0 Å². The minimum absolute atomic E-state index is 0.109. The van der Waals surface area contributed by atoms with Gasteiger partial charge in [-0.3, -0.25) is 0 Å². The molecule has 0 saturated heterocycles. The van der Waals surface area contributed by atoms with Crippen molar-refractivity contribution >= 4 is 42.1 Å². The highest BCUT2D eigenvalue weighted by Crippen LogP contribution is 2.35. The maximum Gasteiger partial charge on any atom is 0.332 e. The van der Waals surface area contributed by atoms with Crippen LogP contribution in [0.5, 0.6) is 5.75 Å². The number of aromatic hydroxyl groups is 1. The van der Waals surface area contributed by atoms with Gasteiger partial charge < -0.3 is 5.11 Å². The number of rotatable bonds is 1. The van der Waals surface area contributed by atoms with Crippen molar-refractivity contribution < 1.29 is 17.4 Å². The SMILES string of the molecule is O=S(=O)(F)c1cc(Br)c(O)c(Br)c1. The standard InChI is InChI=1S/C6H3Br2FO3S/c7-4-1-3(13(9,11)12)2-5(8)6(4)10/h1-2,10H. The number of hydrogen-bond donors (Lipinski definition) is 1. The van der Waals surface area contributed by atoms with Crippen molar-refractivity contribution in [2.45, 2.75) is 4.90 Å². The molecule has 0 radical (unpaired) electrons. The van der Waals surface area contributed by atoms with Crippen LogP contribution in [0, 0.1) is 0 Å². The van der Waals surface area contributed by atoms with E-state index >= 15 is 0 Å². The number of phenols is 1. The molecule has 3 nitrogen and oxygen atoms in total. The van der Waals surface area contributed by atoms with Crippen molar-refractivity contribution in [2.24, 2.45) is 0 Å². The second kappa shape index (κ2) is 3.55. The van der Waals surface area contributed by atoms with E-state index in [1.165, 1.54) is 0 Å². The molecule has 0 amide bonds. The summed E-state index contributed by atoms with van der Waals surface area (Å²) in [4.78, 5) is -0.510. The molecule has 7 heteroatoms. The van der Waals surface area contributed by atoms with E-state index in [0.717, 1.165) is 12.1 Å². The lowest BCUT2D eigenvalue weighted by Gasteiger charge is -2.01. The van der Waals surface area contributed by atoms with E-state index in [0.29, 0.717) is 0 Å². The third-order valence-corrected chi connectivity index (χ3v) is 3.28. The highest BCUT2D eigenvalue weighted by atomic mass is 79.9. The lowest BCUT2D eigenvalue weighted by molar-refractivity contribution is 0.467. The molecule has 1 aromatic rings. The molecule has 0 aliphatic rings. The molecule has 0 atom stereocenters. The van der Waals surface area contributed by atoms with Crippen LogP contribution < -0.4 is 0 Å². The molecule has 0 aliphatic carbocycles. The number of benzene rings is 1. The van der Waals surface area contributed by atoms with Crippen LogP contribution in [-0.4, -0.2) is 13.5 Å². The topological polar surface area (TPSA) is 54.4 Å². The molecule has 0 aromatic heterocycles. The Labute approximate surface area is 91.0 Å². The largest absolute Gasteiger partial charge is 0.506 e. The number of hydrogen-bond acceptors (Lipinski definition) is 3. The Morgan fingerprint density at radius 3 is 1.92 bits per heavy atom. The minimum Gasteiger partial charge on any atom is -0.506 e. The molecule has 0 bridgehead atoms. The summed E-state index contributed by atoms with van der Waals surface area (Å²) in [5.41, 5.74) is 0. The maximum absolute atomic E-state index is 12.5. The summed E-state index contributed by atoms with van der Waals surface area (Å²) in [6.45, 7) is 0. The van der Waals surface area contributed by atoms with E-state index in [9.17, 15) is 17.4 Å². The summed E-state index contributed by atoms with van der Waals surface area (Å²) < 4.78 is 33.6. The lowest BCUT2D eigenvalue weighted by Crippen LogP contribution is -1.91. The van der Waals surface area contributed by atoms with Crippen LogP contribution in [0.1, 0.15) is 0 Å².